The molecule has 0 bridgehead atoms. The van der Waals surface area contributed by atoms with Gasteiger partial charge in [0.2, 0.25) is 0 Å². The second-order valence-corrected chi connectivity index (χ2v) is 5.37. The Morgan fingerprint density at radius 1 is 1.26 bits per heavy atom. The number of rotatable bonds is 6. The third-order valence-electron chi connectivity index (χ3n) is 3.42. The third-order valence-corrected chi connectivity index (χ3v) is 3.42. The fourth-order valence-corrected chi connectivity index (χ4v) is 2.35. The smallest absolute Gasteiger partial charge is 0.279 e. The molecule has 0 aliphatic heterocycles. The number of hydrogen-bond acceptors (Lipinski definition) is 3. The summed E-state index contributed by atoms with van der Waals surface area (Å²) >= 11 is 0. The van der Waals surface area contributed by atoms with Crippen LogP contribution in [-0.2, 0) is 11.3 Å². The van der Waals surface area contributed by atoms with Crippen LogP contribution in [-0.4, -0.2) is 26.6 Å². The Hall–Kier alpha value is -2.84. The van der Waals surface area contributed by atoms with E-state index in [4.69, 9.17) is 10.00 Å². The quantitative estimate of drug-likeness (QED) is 0.843. The number of quaternary nitrogens is 1. The van der Waals surface area contributed by atoms with Gasteiger partial charge in [0.15, 0.2) is 6.54 Å². The number of nitrogens with one attached hydrogen (secondary N) is 2. The van der Waals surface area contributed by atoms with Gasteiger partial charge < -0.3 is 15.0 Å². The van der Waals surface area contributed by atoms with E-state index in [9.17, 15) is 4.79 Å². The fraction of sp³-hybridized carbons (Fsp3) is 0.222. The van der Waals surface area contributed by atoms with Crippen molar-refractivity contribution in [2.24, 2.45) is 0 Å². The topological polar surface area (TPSA) is 66.6 Å². The number of anilines is 1. The summed E-state index contributed by atoms with van der Waals surface area (Å²) in [7, 11) is 3.59. The Morgan fingerprint density at radius 3 is 2.78 bits per heavy atom. The Balaban J connectivity index is 1.93. The molecule has 1 amide bonds. The van der Waals surface area contributed by atoms with Crippen molar-refractivity contribution < 1.29 is 14.4 Å². The predicted octanol–water partition coefficient (Wildman–Crippen LogP) is 1.22. The molecule has 0 aromatic heterocycles. The molecule has 118 valence electrons. The van der Waals surface area contributed by atoms with Gasteiger partial charge in [0, 0.05) is 5.56 Å². The lowest BCUT2D eigenvalue weighted by Crippen LogP contribution is -3.08. The number of amides is 1. The van der Waals surface area contributed by atoms with Crippen LogP contribution in [0.2, 0.25) is 0 Å². The number of likely N-dealkylation sites (N-methyl/N-ethyl adjacent to an activating group) is 1. The molecule has 5 nitrogen and oxygen atoms in total. The van der Waals surface area contributed by atoms with Crippen molar-refractivity contribution in [3.8, 4) is 11.8 Å². The highest BCUT2D eigenvalue weighted by Gasteiger charge is 2.12. The van der Waals surface area contributed by atoms with Crippen LogP contribution in [0.15, 0.2) is 48.5 Å². The average molecular weight is 310 g/mol. The van der Waals surface area contributed by atoms with Gasteiger partial charge in [-0.15, -0.1) is 0 Å². The van der Waals surface area contributed by atoms with Crippen molar-refractivity contribution in [2.45, 2.75) is 6.54 Å². The summed E-state index contributed by atoms with van der Waals surface area (Å²) in [6.45, 7) is 1.03. The summed E-state index contributed by atoms with van der Waals surface area (Å²) in [6.07, 6.45) is 0. The molecule has 2 rings (SSSR count). The van der Waals surface area contributed by atoms with Gasteiger partial charge in [-0.1, -0.05) is 24.3 Å². The summed E-state index contributed by atoms with van der Waals surface area (Å²) in [4.78, 5) is 13.2. The lowest BCUT2D eigenvalue weighted by Gasteiger charge is -2.14. The summed E-state index contributed by atoms with van der Waals surface area (Å²) in [5.41, 5.74) is 2.12. The number of carbonyl (C=O) groups is 1. The maximum Gasteiger partial charge on any atom is 0.279 e. The van der Waals surface area contributed by atoms with Gasteiger partial charge in [-0.05, 0) is 24.3 Å². The highest BCUT2D eigenvalue weighted by molar-refractivity contribution is 5.92. The van der Waals surface area contributed by atoms with Gasteiger partial charge >= 0.3 is 0 Å². The van der Waals surface area contributed by atoms with Crippen molar-refractivity contribution in [1.29, 1.82) is 5.26 Å². The molecule has 0 aliphatic rings. The Morgan fingerprint density at radius 2 is 2.04 bits per heavy atom. The number of hydrogen-bond donors (Lipinski definition) is 2. The third kappa shape index (κ3) is 4.83. The number of para-hydroxylation sites is 1. The van der Waals surface area contributed by atoms with Crippen molar-refractivity contribution in [3.63, 3.8) is 0 Å². The van der Waals surface area contributed by atoms with E-state index in [1.165, 1.54) is 0 Å². The molecule has 1 atom stereocenters. The van der Waals surface area contributed by atoms with E-state index in [0.29, 0.717) is 24.3 Å². The average Bonchev–Trinajstić information content (AvgIpc) is 2.55. The number of methoxy groups -OCH3 is 1. The molecule has 2 aromatic rings. The van der Waals surface area contributed by atoms with Gasteiger partial charge in [-0.25, -0.2) is 0 Å². The van der Waals surface area contributed by atoms with Crippen LogP contribution in [0.25, 0.3) is 0 Å². The Bertz CT molecular complexity index is 722. The van der Waals surface area contributed by atoms with Gasteiger partial charge in [-0.2, -0.15) is 5.26 Å². The van der Waals surface area contributed by atoms with Crippen molar-refractivity contribution >= 4 is 11.6 Å². The molecular weight excluding hydrogens is 290 g/mol. The standard InChI is InChI=1S/C18H19N3O2/c1-21(12-14-6-5-8-16(10-14)23-2)13-18(22)20-17-9-4-3-7-15(17)11-19/h3-10H,12-13H2,1-2H3,(H,20,22)/p+1. The first-order valence-corrected chi connectivity index (χ1v) is 7.35. The zero-order valence-corrected chi connectivity index (χ0v) is 13.3. The highest BCUT2D eigenvalue weighted by Crippen LogP contribution is 2.13. The monoisotopic (exact) mass is 310 g/mol. The number of carbonyl (C=O) groups excluding carboxylic acids is 1. The molecule has 23 heavy (non-hydrogen) atoms. The maximum atomic E-state index is 12.1. The second kappa shape index (κ2) is 7.97. The van der Waals surface area contributed by atoms with Crippen LogP contribution in [0, 0.1) is 11.3 Å². The van der Waals surface area contributed by atoms with Crippen LogP contribution in [0.4, 0.5) is 5.69 Å². The van der Waals surface area contributed by atoms with E-state index >= 15 is 0 Å². The maximum absolute atomic E-state index is 12.1. The largest absolute Gasteiger partial charge is 0.497 e. The van der Waals surface area contributed by atoms with E-state index in [2.05, 4.69) is 11.4 Å². The Labute approximate surface area is 136 Å². The first kappa shape index (κ1) is 16.5. The highest BCUT2D eigenvalue weighted by atomic mass is 16.5. The molecule has 0 spiro atoms. The Kier molecular flexibility index (Phi) is 5.73. The minimum absolute atomic E-state index is 0.118. The van der Waals surface area contributed by atoms with Gasteiger partial charge in [-0.3, -0.25) is 4.79 Å². The predicted molar refractivity (Wildman–Crippen MR) is 88.2 cm³/mol. The fourth-order valence-electron chi connectivity index (χ4n) is 2.35. The minimum Gasteiger partial charge on any atom is -0.497 e. The van der Waals surface area contributed by atoms with Crippen LogP contribution in [0.3, 0.4) is 0 Å². The van der Waals surface area contributed by atoms with Crippen LogP contribution >= 0.6 is 0 Å². The molecule has 0 aliphatic carbocycles. The van der Waals surface area contributed by atoms with Crippen molar-refractivity contribution in [1.82, 2.24) is 0 Å². The summed E-state index contributed by atoms with van der Waals surface area (Å²) in [6, 6.07) is 16.9. The van der Waals surface area contributed by atoms with Crippen molar-refractivity contribution in [3.05, 3.63) is 59.7 Å². The van der Waals surface area contributed by atoms with Crippen LogP contribution in [0.1, 0.15) is 11.1 Å². The molecule has 0 saturated carbocycles. The summed E-state index contributed by atoms with van der Waals surface area (Å²) < 4.78 is 5.20. The molecule has 1 unspecified atom stereocenters. The van der Waals surface area contributed by atoms with E-state index in [0.717, 1.165) is 16.2 Å². The van der Waals surface area contributed by atoms with E-state index in [1.54, 1.807) is 31.4 Å². The van der Waals surface area contributed by atoms with E-state index in [1.807, 2.05) is 31.3 Å². The molecule has 0 heterocycles. The number of ether oxygens (including phenoxy) is 1. The second-order valence-electron chi connectivity index (χ2n) is 5.37. The normalized spacial score (nSPS) is 11.3. The molecule has 2 aromatic carbocycles. The molecule has 0 radical (unpaired) electrons. The molecule has 0 fully saturated rings. The van der Waals surface area contributed by atoms with Crippen molar-refractivity contribution in [2.75, 3.05) is 26.0 Å². The number of nitriles is 1. The van der Waals surface area contributed by atoms with Crippen LogP contribution in [0.5, 0.6) is 5.75 Å². The molecule has 2 N–H and O–H groups in total. The van der Waals surface area contributed by atoms with Crippen LogP contribution < -0.4 is 15.0 Å². The minimum atomic E-state index is -0.118. The molecular formula is C18H20N3O2+. The first-order valence-electron chi connectivity index (χ1n) is 7.35. The number of nitrogens with zero attached hydrogens (tertiary/aromatic N) is 1. The van der Waals surface area contributed by atoms with Gasteiger partial charge in [0.25, 0.3) is 5.91 Å². The van der Waals surface area contributed by atoms with E-state index in [-0.39, 0.29) is 5.91 Å². The number of benzene rings is 2. The zero-order valence-electron chi connectivity index (χ0n) is 13.3. The molecule has 5 heteroatoms. The van der Waals surface area contributed by atoms with Gasteiger partial charge in [0.05, 0.1) is 25.4 Å². The first-order chi connectivity index (χ1) is 11.1. The summed E-state index contributed by atoms with van der Waals surface area (Å²) in [5, 5.41) is 11.8. The zero-order chi connectivity index (χ0) is 16.7. The SMILES string of the molecule is COc1cccc(C[NH+](C)CC(=O)Nc2ccccc2C#N)c1. The lowest BCUT2D eigenvalue weighted by molar-refractivity contribution is -0.885. The van der Waals surface area contributed by atoms with E-state index < -0.39 is 0 Å². The summed E-state index contributed by atoms with van der Waals surface area (Å²) in [5.74, 6) is 0.691. The lowest BCUT2D eigenvalue weighted by atomic mass is 10.2. The molecule has 0 saturated heterocycles. The van der Waals surface area contributed by atoms with Gasteiger partial charge in [0.1, 0.15) is 18.4 Å².